The lowest BCUT2D eigenvalue weighted by atomic mass is 10.1. The zero-order valence-electron chi connectivity index (χ0n) is 13.7. The third-order valence-corrected chi connectivity index (χ3v) is 9.73. The van der Waals surface area contributed by atoms with E-state index < -0.39 is 24.3 Å². The lowest BCUT2D eigenvalue weighted by molar-refractivity contribution is 0.100. The van der Waals surface area contributed by atoms with E-state index in [-0.39, 0.29) is 16.5 Å². The first-order chi connectivity index (χ1) is 9.34. The molecule has 0 saturated carbocycles. The van der Waals surface area contributed by atoms with Gasteiger partial charge < -0.3 is 9.53 Å². The highest BCUT2D eigenvalue weighted by Crippen LogP contribution is 2.37. The summed E-state index contributed by atoms with van der Waals surface area (Å²) in [5, 5.41) is 10.3. The molecule has 1 atom stereocenters. The van der Waals surface area contributed by atoms with Crippen molar-refractivity contribution in [3.8, 4) is 0 Å². The molecule has 1 N–H and O–H groups in total. The van der Waals surface area contributed by atoms with Crippen LogP contribution in [-0.4, -0.2) is 34.7 Å². The van der Waals surface area contributed by atoms with Crippen LogP contribution in [0.3, 0.4) is 0 Å². The Morgan fingerprint density at radius 3 is 2.05 bits per heavy atom. The van der Waals surface area contributed by atoms with Crippen LogP contribution >= 0.6 is 0 Å². The topological polar surface area (TPSA) is 63.6 Å². The van der Waals surface area contributed by atoms with Gasteiger partial charge in [-0.1, -0.05) is 32.9 Å². The summed E-state index contributed by atoms with van der Waals surface area (Å²) in [5.74, 6) is 0. The highest BCUT2D eigenvalue weighted by atomic mass is 32.2. The molecule has 0 bridgehead atoms. The number of rotatable bonds is 5. The van der Waals surface area contributed by atoms with Crippen molar-refractivity contribution < 1.29 is 18.0 Å². The van der Waals surface area contributed by atoms with E-state index in [2.05, 4.69) is 33.9 Å². The molecule has 6 heteroatoms. The summed E-state index contributed by atoms with van der Waals surface area (Å²) in [6, 6.07) is 6.30. The smallest absolute Gasteiger partial charge is 0.192 e. The third kappa shape index (κ3) is 4.91. The van der Waals surface area contributed by atoms with Gasteiger partial charge in [-0.3, -0.25) is 0 Å². The van der Waals surface area contributed by atoms with E-state index in [1.54, 1.807) is 12.1 Å². The van der Waals surface area contributed by atoms with Gasteiger partial charge in [0.1, 0.15) is 6.10 Å². The van der Waals surface area contributed by atoms with Crippen molar-refractivity contribution in [2.45, 2.75) is 49.9 Å². The SMILES string of the molecule is CC(C)(C)[Si](C)(C)OCC(O)c1ccc(S(C)(=O)=O)cc1. The first-order valence-electron chi connectivity index (χ1n) is 6.96. The lowest BCUT2D eigenvalue weighted by Gasteiger charge is -2.36. The first-order valence-corrected chi connectivity index (χ1v) is 11.8. The zero-order valence-corrected chi connectivity index (χ0v) is 15.5. The Bertz CT molecular complexity index is 571. The average molecular weight is 331 g/mol. The molecule has 0 saturated heterocycles. The Hall–Kier alpha value is -0.693. The van der Waals surface area contributed by atoms with Crippen LogP contribution in [0, 0.1) is 0 Å². The Balaban J connectivity index is 2.75. The normalized spacial score (nSPS) is 15.0. The van der Waals surface area contributed by atoms with Crippen molar-refractivity contribution in [1.82, 2.24) is 0 Å². The third-order valence-electron chi connectivity index (χ3n) is 4.10. The van der Waals surface area contributed by atoms with Crippen LogP contribution in [-0.2, 0) is 14.3 Å². The molecule has 0 radical (unpaired) electrons. The molecule has 0 aliphatic carbocycles. The van der Waals surface area contributed by atoms with Gasteiger partial charge in [0, 0.05) is 6.26 Å². The number of aliphatic hydroxyl groups is 1. The van der Waals surface area contributed by atoms with Crippen molar-refractivity contribution in [2.75, 3.05) is 12.9 Å². The Labute approximate surface area is 129 Å². The quantitative estimate of drug-likeness (QED) is 0.842. The molecular formula is C15H26O4SSi. The summed E-state index contributed by atoms with van der Waals surface area (Å²) in [7, 11) is -5.10. The van der Waals surface area contributed by atoms with Gasteiger partial charge >= 0.3 is 0 Å². The van der Waals surface area contributed by atoms with Crippen LogP contribution in [0.4, 0.5) is 0 Å². The summed E-state index contributed by atoms with van der Waals surface area (Å²) in [6.45, 7) is 10.9. The van der Waals surface area contributed by atoms with E-state index in [0.717, 1.165) is 0 Å². The monoisotopic (exact) mass is 330 g/mol. The molecule has 1 unspecified atom stereocenters. The molecule has 0 aliphatic heterocycles. The van der Waals surface area contributed by atoms with Gasteiger partial charge in [-0.05, 0) is 35.8 Å². The minimum Gasteiger partial charge on any atom is -0.414 e. The summed E-state index contributed by atoms with van der Waals surface area (Å²) in [4.78, 5) is 0.253. The number of hydrogen-bond donors (Lipinski definition) is 1. The van der Waals surface area contributed by atoms with Crippen molar-refractivity contribution in [2.24, 2.45) is 0 Å². The second-order valence-electron chi connectivity index (χ2n) is 6.93. The fourth-order valence-corrected chi connectivity index (χ4v) is 3.18. The van der Waals surface area contributed by atoms with Crippen LogP contribution in [0.5, 0.6) is 0 Å². The van der Waals surface area contributed by atoms with Crippen molar-refractivity contribution in [3.05, 3.63) is 29.8 Å². The van der Waals surface area contributed by atoms with Gasteiger partial charge in [-0.2, -0.15) is 0 Å². The van der Waals surface area contributed by atoms with Gasteiger partial charge in [0.2, 0.25) is 0 Å². The Kier molecular flexibility index (Phi) is 5.42. The van der Waals surface area contributed by atoms with Gasteiger partial charge in [0.25, 0.3) is 0 Å². The minimum atomic E-state index is -3.21. The lowest BCUT2D eigenvalue weighted by Crippen LogP contribution is -2.41. The van der Waals surface area contributed by atoms with E-state index in [9.17, 15) is 13.5 Å². The van der Waals surface area contributed by atoms with E-state index in [1.165, 1.54) is 18.4 Å². The van der Waals surface area contributed by atoms with E-state index >= 15 is 0 Å². The summed E-state index contributed by atoms with van der Waals surface area (Å²) in [5.41, 5.74) is 0.668. The predicted octanol–water partition coefficient (Wildman–Crippen LogP) is 3.15. The maximum Gasteiger partial charge on any atom is 0.192 e. The molecule has 1 aromatic carbocycles. The fraction of sp³-hybridized carbons (Fsp3) is 0.600. The van der Waals surface area contributed by atoms with Crippen LogP contribution in [0.15, 0.2) is 29.2 Å². The molecule has 0 heterocycles. The molecule has 1 rings (SSSR count). The van der Waals surface area contributed by atoms with Crippen LogP contribution in [0.1, 0.15) is 32.4 Å². The van der Waals surface area contributed by atoms with Crippen LogP contribution in [0.25, 0.3) is 0 Å². The molecule has 0 aromatic heterocycles. The van der Waals surface area contributed by atoms with E-state index in [1.807, 2.05) is 0 Å². The van der Waals surface area contributed by atoms with Gasteiger partial charge in [-0.15, -0.1) is 0 Å². The first kappa shape index (κ1) is 18.4. The highest BCUT2D eigenvalue weighted by Gasteiger charge is 2.37. The Morgan fingerprint density at radius 2 is 1.67 bits per heavy atom. The number of benzene rings is 1. The summed E-state index contributed by atoms with van der Waals surface area (Å²) < 4.78 is 28.8. The maximum atomic E-state index is 11.4. The zero-order chi connectivity index (χ0) is 16.5. The number of hydrogen-bond acceptors (Lipinski definition) is 4. The molecule has 21 heavy (non-hydrogen) atoms. The summed E-state index contributed by atoms with van der Waals surface area (Å²) in [6.07, 6.45) is 0.423. The van der Waals surface area contributed by atoms with Crippen LogP contribution < -0.4 is 0 Å². The highest BCUT2D eigenvalue weighted by molar-refractivity contribution is 7.90. The largest absolute Gasteiger partial charge is 0.414 e. The average Bonchev–Trinajstić information content (AvgIpc) is 2.34. The molecule has 120 valence electrons. The van der Waals surface area contributed by atoms with Crippen molar-refractivity contribution >= 4 is 18.2 Å². The molecular weight excluding hydrogens is 304 g/mol. The molecule has 0 fully saturated rings. The van der Waals surface area contributed by atoms with E-state index in [4.69, 9.17) is 4.43 Å². The number of sulfone groups is 1. The van der Waals surface area contributed by atoms with Crippen molar-refractivity contribution in [3.63, 3.8) is 0 Å². The Morgan fingerprint density at radius 1 is 1.19 bits per heavy atom. The second-order valence-corrected chi connectivity index (χ2v) is 13.8. The van der Waals surface area contributed by atoms with Gasteiger partial charge in [0.15, 0.2) is 18.2 Å². The molecule has 0 amide bonds. The number of aliphatic hydroxyl groups excluding tert-OH is 1. The molecule has 0 aliphatic rings. The van der Waals surface area contributed by atoms with Gasteiger partial charge in [0.05, 0.1) is 11.5 Å². The molecule has 0 spiro atoms. The van der Waals surface area contributed by atoms with Crippen molar-refractivity contribution in [1.29, 1.82) is 0 Å². The molecule has 4 nitrogen and oxygen atoms in total. The second kappa shape index (κ2) is 6.20. The predicted molar refractivity (Wildman–Crippen MR) is 87.7 cm³/mol. The fourth-order valence-electron chi connectivity index (χ4n) is 1.54. The van der Waals surface area contributed by atoms with Gasteiger partial charge in [-0.25, -0.2) is 8.42 Å². The standard InChI is InChI=1S/C15H26O4SSi/c1-15(2,3)21(5,6)19-11-14(16)12-7-9-13(10-8-12)20(4,17)18/h7-10,14,16H,11H2,1-6H3. The minimum absolute atomic E-state index is 0.0901. The maximum absolute atomic E-state index is 11.4. The molecule has 1 aromatic rings. The van der Waals surface area contributed by atoms with E-state index in [0.29, 0.717) is 5.56 Å². The summed E-state index contributed by atoms with van der Waals surface area (Å²) >= 11 is 0. The van der Waals surface area contributed by atoms with Crippen LogP contribution in [0.2, 0.25) is 18.1 Å².